The monoisotopic (exact) mass is 388 g/mol. The van der Waals surface area contributed by atoms with E-state index in [1.54, 1.807) is 10.6 Å². The maximum atomic E-state index is 6.38. The molecule has 6 nitrogen and oxygen atoms in total. The Hall–Kier alpha value is -2.16. The number of aromatic nitrogens is 5. The largest absolute Gasteiger partial charge is 0.357 e. The Bertz CT molecular complexity index is 1090. The minimum absolute atomic E-state index is 0.568. The molecule has 4 aromatic rings. The third kappa shape index (κ3) is 2.97. The minimum atomic E-state index is 0.568. The van der Waals surface area contributed by atoms with Gasteiger partial charge in [0, 0.05) is 11.9 Å². The number of halogens is 1. The molecule has 0 bridgehead atoms. The standard InChI is InChI=1S/C16H13ClN6S2/c1-3-8-18-15-20-21-16(25-15)24-14-10-6-4-5-7-11(10)23-13(19-14)12(17)9(2)22-23/h3-7H,1,8H2,2H3,(H,18,20). The highest BCUT2D eigenvalue weighted by molar-refractivity contribution is 8.01. The van der Waals surface area contributed by atoms with Gasteiger partial charge in [-0.05, 0) is 24.8 Å². The Kier molecular flexibility index (Phi) is 4.32. The molecule has 0 unspecified atom stereocenters. The third-order valence-corrected chi connectivity index (χ3v) is 5.90. The molecular weight excluding hydrogens is 376 g/mol. The second-order valence-electron chi connectivity index (χ2n) is 5.21. The van der Waals surface area contributed by atoms with Gasteiger partial charge in [0.2, 0.25) is 5.13 Å². The minimum Gasteiger partial charge on any atom is -0.357 e. The summed E-state index contributed by atoms with van der Waals surface area (Å²) >= 11 is 9.33. The summed E-state index contributed by atoms with van der Waals surface area (Å²) in [6.45, 7) is 6.21. The third-order valence-electron chi connectivity index (χ3n) is 3.52. The molecule has 0 fully saturated rings. The Morgan fingerprint density at radius 3 is 3.04 bits per heavy atom. The highest BCUT2D eigenvalue weighted by Crippen LogP contribution is 2.36. The molecule has 0 aliphatic heterocycles. The molecule has 0 saturated carbocycles. The van der Waals surface area contributed by atoms with Crippen LogP contribution in [0.25, 0.3) is 16.6 Å². The molecule has 9 heteroatoms. The Morgan fingerprint density at radius 1 is 1.36 bits per heavy atom. The van der Waals surface area contributed by atoms with Gasteiger partial charge < -0.3 is 5.32 Å². The van der Waals surface area contributed by atoms with Gasteiger partial charge in [0.1, 0.15) is 10.0 Å². The van der Waals surface area contributed by atoms with Crippen molar-refractivity contribution in [3.63, 3.8) is 0 Å². The van der Waals surface area contributed by atoms with Crippen molar-refractivity contribution < 1.29 is 0 Å². The molecule has 0 aliphatic rings. The molecule has 0 radical (unpaired) electrons. The van der Waals surface area contributed by atoms with Gasteiger partial charge in [-0.3, -0.25) is 0 Å². The lowest BCUT2D eigenvalue weighted by atomic mass is 10.2. The molecular formula is C16H13ClN6S2. The van der Waals surface area contributed by atoms with Gasteiger partial charge in [-0.1, -0.05) is 47.2 Å². The van der Waals surface area contributed by atoms with Crippen molar-refractivity contribution >= 4 is 56.4 Å². The lowest BCUT2D eigenvalue weighted by Crippen LogP contribution is -1.96. The molecule has 3 heterocycles. The average molecular weight is 389 g/mol. The van der Waals surface area contributed by atoms with Crippen LogP contribution < -0.4 is 5.32 Å². The van der Waals surface area contributed by atoms with Crippen molar-refractivity contribution in [2.24, 2.45) is 0 Å². The van der Waals surface area contributed by atoms with Crippen LogP contribution in [0.1, 0.15) is 5.69 Å². The Morgan fingerprint density at radius 2 is 2.20 bits per heavy atom. The molecule has 0 saturated heterocycles. The van der Waals surface area contributed by atoms with E-state index in [9.17, 15) is 0 Å². The molecule has 25 heavy (non-hydrogen) atoms. The smallest absolute Gasteiger partial charge is 0.206 e. The quantitative estimate of drug-likeness (QED) is 0.402. The predicted octanol–water partition coefficient (Wildman–Crippen LogP) is 4.44. The van der Waals surface area contributed by atoms with Gasteiger partial charge in [-0.25, -0.2) is 9.50 Å². The fraction of sp³-hybridized carbons (Fsp3) is 0.125. The van der Waals surface area contributed by atoms with E-state index >= 15 is 0 Å². The lowest BCUT2D eigenvalue weighted by Gasteiger charge is -2.06. The number of benzene rings is 1. The van der Waals surface area contributed by atoms with Crippen LogP contribution in [-0.4, -0.2) is 31.3 Å². The fourth-order valence-corrected chi connectivity index (χ4v) is 4.34. The first-order chi connectivity index (χ1) is 12.2. The maximum Gasteiger partial charge on any atom is 0.206 e. The second-order valence-corrected chi connectivity index (χ2v) is 7.81. The SMILES string of the molecule is C=CCNc1nnc(Sc2nc3c(Cl)c(C)nn3c3ccccc23)s1. The zero-order chi connectivity index (χ0) is 17.4. The van der Waals surface area contributed by atoms with E-state index in [2.05, 4.69) is 27.2 Å². The van der Waals surface area contributed by atoms with Crippen LogP contribution in [0.4, 0.5) is 5.13 Å². The van der Waals surface area contributed by atoms with E-state index < -0.39 is 0 Å². The summed E-state index contributed by atoms with van der Waals surface area (Å²) in [5, 5.41) is 19.1. The summed E-state index contributed by atoms with van der Waals surface area (Å²) in [5.74, 6) is 0. The zero-order valence-corrected chi connectivity index (χ0v) is 15.6. The first kappa shape index (κ1) is 16.3. The van der Waals surface area contributed by atoms with Crippen molar-refractivity contribution in [1.82, 2.24) is 24.8 Å². The van der Waals surface area contributed by atoms with E-state index in [4.69, 9.17) is 16.6 Å². The van der Waals surface area contributed by atoms with Crippen LogP contribution in [0.3, 0.4) is 0 Å². The summed E-state index contributed by atoms with van der Waals surface area (Å²) in [7, 11) is 0. The van der Waals surface area contributed by atoms with Gasteiger partial charge >= 0.3 is 0 Å². The highest BCUT2D eigenvalue weighted by Gasteiger charge is 2.16. The first-order valence-electron chi connectivity index (χ1n) is 7.47. The number of nitrogens with one attached hydrogen (secondary N) is 1. The molecule has 0 aliphatic carbocycles. The summed E-state index contributed by atoms with van der Waals surface area (Å²) in [4.78, 5) is 4.72. The van der Waals surface area contributed by atoms with Gasteiger partial charge in [0.15, 0.2) is 9.99 Å². The second kappa shape index (κ2) is 6.62. The van der Waals surface area contributed by atoms with Crippen molar-refractivity contribution in [3.8, 4) is 0 Å². The summed E-state index contributed by atoms with van der Waals surface area (Å²) in [5.41, 5.74) is 2.36. The van der Waals surface area contributed by atoms with Gasteiger partial charge in [-0.15, -0.1) is 16.8 Å². The maximum absolute atomic E-state index is 6.38. The highest BCUT2D eigenvalue weighted by atomic mass is 35.5. The van der Waals surface area contributed by atoms with E-state index in [-0.39, 0.29) is 0 Å². The number of hydrogen-bond acceptors (Lipinski definition) is 7. The van der Waals surface area contributed by atoms with Crippen LogP contribution in [0, 0.1) is 6.92 Å². The van der Waals surface area contributed by atoms with Crippen molar-refractivity contribution in [2.45, 2.75) is 16.3 Å². The summed E-state index contributed by atoms with van der Waals surface area (Å²) in [6.07, 6.45) is 1.78. The topological polar surface area (TPSA) is 68.0 Å². The number of rotatable bonds is 5. The number of aryl methyl sites for hydroxylation is 1. The van der Waals surface area contributed by atoms with E-state index in [0.717, 1.165) is 31.1 Å². The van der Waals surface area contributed by atoms with Crippen molar-refractivity contribution in [1.29, 1.82) is 0 Å². The zero-order valence-electron chi connectivity index (χ0n) is 13.2. The Balaban J connectivity index is 1.81. The molecule has 0 amide bonds. The van der Waals surface area contributed by atoms with Crippen LogP contribution in [0.2, 0.25) is 5.02 Å². The summed E-state index contributed by atoms with van der Waals surface area (Å²) < 4.78 is 2.59. The van der Waals surface area contributed by atoms with E-state index in [1.165, 1.54) is 23.1 Å². The number of nitrogens with zero attached hydrogens (tertiary/aromatic N) is 5. The van der Waals surface area contributed by atoms with Crippen LogP contribution in [0.15, 0.2) is 46.3 Å². The van der Waals surface area contributed by atoms with E-state index in [0.29, 0.717) is 17.2 Å². The molecule has 126 valence electrons. The van der Waals surface area contributed by atoms with Crippen molar-refractivity contribution in [3.05, 3.63) is 47.6 Å². The number of anilines is 1. The lowest BCUT2D eigenvalue weighted by molar-refractivity contribution is 0.941. The van der Waals surface area contributed by atoms with Crippen molar-refractivity contribution in [2.75, 3.05) is 11.9 Å². The van der Waals surface area contributed by atoms with Gasteiger partial charge in [0.05, 0.1) is 11.2 Å². The van der Waals surface area contributed by atoms with E-state index in [1.807, 2.05) is 31.2 Å². The molecule has 1 N–H and O–H groups in total. The Labute approximate surface area is 156 Å². The summed E-state index contributed by atoms with van der Waals surface area (Å²) in [6, 6.07) is 7.99. The van der Waals surface area contributed by atoms with Gasteiger partial charge in [0.25, 0.3) is 0 Å². The molecule has 3 aromatic heterocycles. The molecule has 1 aromatic carbocycles. The molecule has 4 rings (SSSR count). The molecule has 0 atom stereocenters. The number of para-hydroxylation sites is 1. The first-order valence-corrected chi connectivity index (χ1v) is 9.48. The van der Waals surface area contributed by atoms with Gasteiger partial charge in [-0.2, -0.15) is 5.10 Å². The van der Waals surface area contributed by atoms with Crippen LogP contribution in [-0.2, 0) is 0 Å². The average Bonchev–Trinajstić information content (AvgIpc) is 3.19. The number of fused-ring (bicyclic) bond motifs is 3. The number of hydrogen-bond donors (Lipinski definition) is 1. The van der Waals surface area contributed by atoms with Crippen LogP contribution >= 0.6 is 34.7 Å². The van der Waals surface area contributed by atoms with Crippen LogP contribution in [0.5, 0.6) is 0 Å². The fourth-order valence-electron chi connectivity index (χ4n) is 2.40. The normalized spacial score (nSPS) is 11.3. The predicted molar refractivity (Wildman–Crippen MR) is 103 cm³/mol. The molecule has 0 spiro atoms.